The minimum Gasteiger partial charge on any atom is -0.338 e. The first-order chi connectivity index (χ1) is 5.43. The number of carbonyl (C=O) groups excluding carboxylic acids is 1. The van der Waals surface area contributed by atoms with E-state index in [4.69, 9.17) is 0 Å². The van der Waals surface area contributed by atoms with E-state index in [-0.39, 0.29) is 11.3 Å². The van der Waals surface area contributed by atoms with E-state index in [0.29, 0.717) is 6.04 Å². The molecule has 1 amide bonds. The van der Waals surface area contributed by atoms with Crippen LogP contribution in [0.3, 0.4) is 0 Å². The Morgan fingerprint density at radius 3 is 2.50 bits per heavy atom. The lowest BCUT2D eigenvalue weighted by Gasteiger charge is -2.39. The van der Waals surface area contributed by atoms with E-state index in [9.17, 15) is 4.79 Å². The predicted octanol–water partition coefficient (Wildman–Crippen LogP) is 1.82. The number of hydrogen-bond acceptors (Lipinski definition) is 1. The van der Waals surface area contributed by atoms with Crippen LogP contribution in [0.25, 0.3) is 0 Å². The predicted molar refractivity (Wildman–Crippen MR) is 49.8 cm³/mol. The molecular weight excluding hydrogens is 150 g/mol. The van der Waals surface area contributed by atoms with E-state index in [0.717, 1.165) is 6.42 Å². The average molecular weight is 167 g/mol. The van der Waals surface area contributed by atoms with E-state index in [1.54, 1.807) is 6.08 Å². The maximum atomic E-state index is 11.3. The molecule has 0 aromatic rings. The summed E-state index contributed by atoms with van der Waals surface area (Å²) in [5.74, 6) is 0.126. The van der Waals surface area contributed by atoms with Crippen LogP contribution in [0.4, 0.5) is 0 Å². The number of hydrogen-bond donors (Lipinski definition) is 0. The zero-order chi connectivity index (χ0) is 9.35. The highest BCUT2D eigenvalue weighted by Crippen LogP contribution is 2.28. The van der Waals surface area contributed by atoms with Crippen molar-refractivity contribution in [2.24, 2.45) is 5.41 Å². The first-order valence-corrected chi connectivity index (χ1v) is 4.36. The van der Waals surface area contributed by atoms with Crippen LogP contribution in [0, 0.1) is 5.41 Å². The van der Waals surface area contributed by atoms with Crippen LogP contribution in [0.2, 0.25) is 0 Å². The van der Waals surface area contributed by atoms with Crippen LogP contribution in [0.5, 0.6) is 0 Å². The minimum atomic E-state index is 0.126. The molecule has 1 atom stereocenters. The van der Waals surface area contributed by atoms with E-state index in [1.807, 2.05) is 18.0 Å². The van der Waals surface area contributed by atoms with Crippen LogP contribution in [-0.4, -0.2) is 23.9 Å². The summed E-state index contributed by atoms with van der Waals surface area (Å²) in [5, 5.41) is 0. The topological polar surface area (TPSA) is 20.3 Å². The van der Waals surface area contributed by atoms with Crippen molar-refractivity contribution in [1.29, 1.82) is 0 Å². The average Bonchev–Trinajstić information content (AvgIpc) is 1.92. The normalized spacial score (nSPS) is 24.8. The van der Waals surface area contributed by atoms with Gasteiger partial charge in [0.05, 0.1) is 0 Å². The highest BCUT2D eigenvalue weighted by molar-refractivity contribution is 5.88. The van der Waals surface area contributed by atoms with Crippen molar-refractivity contribution < 1.29 is 4.79 Å². The van der Waals surface area contributed by atoms with Gasteiger partial charge in [0, 0.05) is 13.1 Å². The van der Waals surface area contributed by atoms with Gasteiger partial charge in [0.15, 0.2) is 0 Å². The highest BCUT2D eigenvalue weighted by Gasteiger charge is 2.31. The van der Waals surface area contributed by atoms with E-state index in [1.165, 1.54) is 0 Å². The standard InChI is InChI=1S/C10H17NO/c1-10(2,3)8-6-5-7-9(12)11(8)4/h5,7-8H,6H2,1-4H3. The van der Waals surface area contributed by atoms with Crippen molar-refractivity contribution in [3.8, 4) is 0 Å². The van der Waals surface area contributed by atoms with Crippen LogP contribution < -0.4 is 0 Å². The van der Waals surface area contributed by atoms with Gasteiger partial charge in [0.2, 0.25) is 5.91 Å². The lowest BCUT2D eigenvalue weighted by atomic mass is 9.82. The largest absolute Gasteiger partial charge is 0.338 e. The summed E-state index contributed by atoms with van der Waals surface area (Å²) in [7, 11) is 1.88. The first kappa shape index (κ1) is 9.30. The van der Waals surface area contributed by atoms with Gasteiger partial charge in [0.25, 0.3) is 0 Å². The Labute approximate surface area is 74.2 Å². The summed E-state index contributed by atoms with van der Waals surface area (Å²) in [4.78, 5) is 13.1. The molecule has 1 rings (SSSR count). The Kier molecular flexibility index (Phi) is 2.27. The third kappa shape index (κ3) is 1.68. The fourth-order valence-corrected chi connectivity index (χ4v) is 1.66. The molecule has 0 fully saturated rings. The maximum Gasteiger partial charge on any atom is 0.246 e. The SMILES string of the molecule is CN1C(=O)C=CCC1C(C)(C)C. The molecule has 0 aromatic carbocycles. The lowest BCUT2D eigenvalue weighted by molar-refractivity contribution is -0.129. The van der Waals surface area contributed by atoms with Gasteiger partial charge in [-0.1, -0.05) is 26.8 Å². The molecule has 0 aromatic heterocycles. The smallest absolute Gasteiger partial charge is 0.246 e. The highest BCUT2D eigenvalue weighted by atomic mass is 16.2. The zero-order valence-corrected chi connectivity index (χ0v) is 8.29. The fourth-order valence-electron chi connectivity index (χ4n) is 1.66. The molecule has 1 aliphatic heterocycles. The molecule has 0 saturated carbocycles. The fraction of sp³-hybridized carbons (Fsp3) is 0.700. The maximum absolute atomic E-state index is 11.3. The molecule has 1 unspecified atom stereocenters. The van der Waals surface area contributed by atoms with Crippen LogP contribution >= 0.6 is 0 Å². The molecule has 1 heterocycles. The molecule has 1 aliphatic rings. The number of rotatable bonds is 0. The summed E-state index contributed by atoms with van der Waals surface area (Å²) in [6.07, 6.45) is 4.60. The zero-order valence-electron chi connectivity index (χ0n) is 8.29. The number of amides is 1. The molecule has 2 nitrogen and oxygen atoms in total. The summed E-state index contributed by atoms with van der Waals surface area (Å²) >= 11 is 0. The molecule has 68 valence electrons. The Bertz CT molecular complexity index is 212. The second-order valence-electron chi connectivity index (χ2n) is 4.47. The van der Waals surface area contributed by atoms with Crippen molar-refractivity contribution in [3.05, 3.63) is 12.2 Å². The van der Waals surface area contributed by atoms with E-state index < -0.39 is 0 Å². The van der Waals surface area contributed by atoms with Gasteiger partial charge in [-0.15, -0.1) is 0 Å². The Morgan fingerprint density at radius 2 is 2.08 bits per heavy atom. The molecule has 0 N–H and O–H groups in total. The molecule has 12 heavy (non-hydrogen) atoms. The van der Waals surface area contributed by atoms with Crippen molar-refractivity contribution in [2.75, 3.05) is 7.05 Å². The number of nitrogens with zero attached hydrogens (tertiary/aromatic N) is 1. The first-order valence-electron chi connectivity index (χ1n) is 4.36. The molecule has 0 radical (unpaired) electrons. The van der Waals surface area contributed by atoms with Crippen molar-refractivity contribution >= 4 is 5.91 Å². The second-order valence-corrected chi connectivity index (χ2v) is 4.47. The van der Waals surface area contributed by atoms with E-state index >= 15 is 0 Å². The molecule has 0 saturated heterocycles. The van der Waals surface area contributed by atoms with Crippen LogP contribution in [0.1, 0.15) is 27.2 Å². The summed E-state index contributed by atoms with van der Waals surface area (Å²) in [6, 6.07) is 0.343. The van der Waals surface area contributed by atoms with Gasteiger partial charge in [-0.05, 0) is 17.9 Å². The Morgan fingerprint density at radius 1 is 1.50 bits per heavy atom. The quantitative estimate of drug-likeness (QED) is 0.539. The number of likely N-dealkylation sites (N-methyl/N-ethyl adjacent to an activating group) is 1. The molecule has 0 bridgehead atoms. The van der Waals surface area contributed by atoms with Gasteiger partial charge in [-0.25, -0.2) is 0 Å². The van der Waals surface area contributed by atoms with Gasteiger partial charge < -0.3 is 4.90 Å². The second kappa shape index (κ2) is 2.92. The van der Waals surface area contributed by atoms with Gasteiger partial charge in [0.1, 0.15) is 0 Å². The third-order valence-electron chi connectivity index (χ3n) is 2.43. The van der Waals surface area contributed by atoms with Gasteiger partial charge in [-0.3, -0.25) is 4.79 Å². The van der Waals surface area contributed by atoms with E-state index in [2.05, 4.69) is 20.8 Å². The number of carbonyl (C=O) groups is 1. The monoisotopic (exact) mass is 167 g/mol. The third-order valence-corrected chi connectivity index (χ3v) is 2.43. The van der Waals surface area contributed by atoms with Crippen LogP contribution in [-0.2, 0) is 4.79 Å². The Balaban J connectivity index is 2.81. The molecular formula is C10H17NO. The molecule has 0 spiro atoms. The van der Waals surface area contributed by atoms with Crippen molar-refractivity contribution in [3.63, 3.8) is 0 Å². The molecule has 2 heteroatoms. The summed E-state index contributed by atoms with van der Waals surface area (Å²) in [6.45, 7) is 6.50. The van der Waals surface area contributed by atoms with Gasteiger partial charge >= 0.3 is 0 Å². The van der Waals surface area contributed by atoms with Gasteiger partial charge in [-0.2, -0.15) is 0 Å². The minimum absolute atomic E-state index is 0.126. The van der Waals surface area contributed by atoms with Crippen molar-refractivity contribution in [2.45, 2.75) is 33.2 Å². The van der Waals surface area contributed by atoms with Crippen LogP contribution in [0.15, 0.2) is 12.2 Å². The summed E-state index contributed by atoms with van der Waals surface area (Å²) < 4.78 is 0. The lowest BCUT2D eigenvalue weighted by Crippen LogP contribution is -2.45. The van der Waals surface area contributed by atoms with Crippen molar-refractivity contribution in [1.82, 2.24) is 4.90 Å². The Hall–Kier alpha value is -0.790. The molecule has 0 aliphatic carbocycles. The summed E-state index contributed by atoms with van der Waals surface area (Å²) in [5.41, 5.74) is 0.176.